The smallest absolute Gasteiger partial charge is 0.406 e. The summed E-state index contributed by atoms with van der Waals surface area (Å²) in [5.41, 5.74) is 3.25. The molecule has 0 radical (unpaired) electrons. The molecule has 3 heterocycles. The molecule has 1 N–H and O–H groups in total. The van der Waals surface area contributed by atoms with Crippen molar-refractivity contribution in [1.82, 2.24) is 9.55 Å². The average Bonchev–Trinajstić information content (AvgIpc) is 3.20. The van der Waals surface area contributed by atoms with Crippen molar-refractivity contribution in [3.63, 3.8) is 0 Å². The Kier molecular flexibility index (Phi) is 4.70. The molecule has 0 saturated carbocycles. The summed E-state index contributed by atoms with van der Waals surface area (Å²) in [5, 5.41) is 5.69. The van der Waals surface area contributed by atoms with Gasteiger partial charge in [-0.25, -0.2) is 4.98 Å². The molecule has 0 amide bonds. The van der Waals surface area contributed by atoms with Crippen molar-refractivity contribution >= 4 is 22.2 Å². The molecule has 0 saturated heterocycles. The van der Waals surface area contributed by atoms with Gasteiger partial charge in [-0.3, -0.25) is 0 Å². The summed E-state index contributed by atoms with van der Waals surface area (Å²) in [6.45, 7) is 3.38. The number of ether oxygens (including phenoxy) is 2. The maximum Gasteiger partial charge on any atom is 0.406 e. The SMILES string of the molecule is Cc1cc(-c2csc(Nc3ccc4c(c3)OCCO4)n2)c(C)n1CC(F)(F)F. The predicted octanol–water partition coefficient (Wildman–Crippen LogP) is 5.31. The van der Waals surface area contributed by atoms with Gasteiger partial charge in [0.2, 0.25) is 0 Å². The van der Waals surface area contributed by atoms with E-state index < -0.39 is 12.7 Å². The number of rotatable bonds is 4. The van der Waals surface area contributed by atoms with Gasteiger partial charge in [-0.2, -0.15) is 13.2 Å². The van der Waals surface area contributed by atoms with Gasteiger partial charge in [-0.05, 0) is 32.0 Å². The van der Waals surface area contributed by atoms with Gasteiger partial charge in [0.1, 0.15) is 19.8 Å². The molecule has 0 spiro atoms. The average molecular weight is 409 g/mol. The van der Waals surface area contributed by atoms with E-state index >= 15 is 0 Å². The molecule has 5 nitrogen and oxygen atoms in total. The second-order valence-electron chi connectivity index (χ2n) is 6.51. The van der Waals surface area contributed by atoms with Crippen molar-refractivity contribution in [3.8, 4) is 22.8 Å². The van der Waals surface area contributed by atoms with Gasteiger partial charge in [0.15, 0.2) is 16.6 Å². The number of hydrogen-bond acceptors (Lipinski definition) is 5. The number of nitrogens with zero attached hydrogens (tertiary/aromatic N) is 2. The lowest BCUT2D eigenvalue weighted by Gasteiger charge is -2.18. The van der Waals surface area contributed by atoms with E-state index in [0.29, 0.717) is 52.5 Å². The van der Waals surface area contributed by atoms with Gasteiger partial charge in [-0.15, -0.1) is 11.3 Å². The summed E-state index contributed by atoms with van der Waals surface area (Å²) in [4.78, 5) is 4.54. The molecule has 1 aromatic carbocycles. The number of alkyl halides is 3. The summed E-state index contributed by atoms with van der Waals surface area (Å²) in [7, 11) is 0. The first kappa shape index (κ1) is 18.7. The molecule has 2 aromatic heterocycles. The van der Waals surface area contributed by atoms with Crippen LogP contribution < -0.4 is 14.8 Å². The quantitative estimate of drug-likeness (QED) is 0.635. The van der Waals surface area contributed by atoms with Crippen molar-refractivity contribution in [1.29, 1.82) is 0 Å². The number of fused-ring (bicyclic) bond motifs is 1. The topological polar surface area (TPSA) is 48.3 Å². The van der Waals surface area contributed by atoms with Crippen LogP contribution in [0, 0.1) is 13.8 Å². The van der Waals surface area contributed by atoms with E-state index in [9.17, 15) is 13.2 Å². The molecule has 4 rings (SSSR count). The second kappa shape index (κ2) is 7.05. The van der Waals surface area contributed by atoms with Crippen LogP contribution in [0.5, 0.6) is 11.5 Å². The zero-order chi connectivity index (χ0) is 19.9. The number of aromatic nitrogens is 2. The fraction of sp³-hybridized carbons (Fsp3) is 0.316. The molecule has 3 aromatic rings. The Morgan fingerprint density at radius 2 is 1.89 bits per heavy atom. The third-order valence-corrected chi connectivity index (χ3v) is 5.24. The lowest BCUT2D eigenvalue weighted by atomic mass is 10.2. The highest BCUT2D eigenvalue weighted by Crippen LogP contribution is 2.36. The summed E-state index contributed by atoms with van der Waals surface area (Å²) < 4.78 is 50.8. The van der Waals surface area contributed by atoms with Crippen LogP contribution in [0.25, 0.3) is 11.3 Å². The normalized spacial score (nSPS) is 13.6. The Hall–Kier alpha value is -2.68. The highest BCUT2D eigenvalue weighted by Gasteiger charge is 2.30. The van der Waals surface area contributed by atoms with E-state index in [4.69, 9.17) is 9.47 Å². The first-order valence-electron chi connectivity index (χ1n) is 8.66. The highest BCUT2D eigenvalue weighted by molar-refractivity contribution is 7.14. The van der Waals surface area contributed by atoms with Gasteiger partial charge in [0.25, 0.3) is 0 Å². The lowest BCUT2D eigenvalue weighted by Crippen LogP contribution is -2.19. The first-order valence-corrected chi connectivity index (χ1v) is 9.54. The Bertz CT molecular complexity index is 1010. The van der Waals surface area contributed by atoms with Crippen molar-refractivity contribution < 1.29 is 22.6 Å². The van der Waals surface area contributed by atoms with E-state index in [2.05, 4.69) is 10.3 Å². The molecule has 0 unspecified atom stereocenters. The van der Waals surface area contributed by atoms with Crippen LogP contribution in [0.4, 0.5) is 24.0 Å². The second-order valence-corrected chi connectivity index (χ2v) is 7.37. The Balaban J connectivity index is 1.56. The standard InChI is InChI=1S/C19H18F3N3O2S/c1-11-7-14(12(2)25(11)10-19(20,21)22)15-9-28-18(24-15)23-13-3-4-16-17(8-13)27-6-5-26-16/h3-4,7-9H,5-6,10H2,1-2H3,(H,23,24). The van der Waals surface area contributed by atoms with Gasteiger partial charge in [-0.1, -0.05) is 0 Å². The summed E-state index contributed by atoms with van der Waals surface area (Å²) >= 11 is 1.39. The molecule has 1 aliphatic heterocycles. The van der Waals surface area contributed by atoms with Crippen molar-refractivity contribution in [2.24, 2.45) is 0 Å². The van der Waals surface area contributed by atoms with Crippen LogP contribution in [-0.2, 0) is 6.54 Å². The van der Waals surface area contributed by atoms with Gasteiger partial charge in [0.05, 0.1) is 5.69 Å². The highest BCUT2D eigenvalue weighted by atomic mass is 32.1. The number of benzene rings is 1. The van der Waals surface area contributed by atoms with Gasteiger partial charge < -0.3 is 19.4 Å². The minimum atomic E-state index is -4.27. The monoisotopic (exact) mass is 409 g/mol. The van der Waals surface area contributed by atoms with E-state index in [1.54, 1.807) is 19.9 Å². The lowest BCUT2D eigenvalue weighted by molar-refractivity contribution is -0.141. The predicted molar refractivity (Wildman–Crippen MR) is 102 cm³/mol. The molecule has 1 aliphatic rings. The van der Waals surface area contributed by atoms with E-state index in [-0.39, 0.29) is 0 Å². The third kappa shape index (κ3) is 3.80. The number of anilines is 2. The largest absolute Gasteiger partial charge is 0.486 e. The Labute approximate surface area is 163 Å². The van der Waals surface area contributed by atoms with E-state index in [1.165, 1.54) is 15.9 Å². The van der Waals surface area contributed by atoms with Crippen LogP contribution in [-0.4, -0.2) is 28.9 Å². The number of halogens is 3. The Morgan fingerprint density at radius 3 is 2.64 bits per heavy atom. The fourth-order valence-electron chi connectivity index (χ4n) is 3.18. The first-order chi connectivity index (χ1) is 13.3. The molecule has 28 heavy (non-hydrogen) atoms. The molecule has 0 fully saturated rings. The van der Waals surface area contributed by atoms with Gasteiger partial charge >= 0.3 is 6.18 Å². The summed E-state index contributed by atoms with van der Waals surface area (Å²) in [5.74, 6) is 1.37. The molecular weight excluding hydrogens is 391 g/mol. The van der Waals surface area contributed by atoms with Crippen LogP contribution in [0.1, 0.15) is 11.4 Å². The van der Waals surface area contributed by atoms with Crippen LogP contribution >= 0.6 is 11.3 Å². The third-order valence-electron chi connectivity index (χ3n) is 4.48. The van der Waals surface area contributed by atoms with Crippen LogP contribution in [0.3, 0.4) is 0 Å². The Morgan fingerprint density at radius 1 is 1.14 bits per heavy atom. The fourth-order valence-corrected chi connectivity index (χ4v) is 3.91. The number of hydrogen-bond donors (Lipinski definition) is 1. The molecule has 0 bridgehead atoms. The minimum absolute atomic E-state index is 0.505. The van der Waals surface area contributed by atoms with E-state index in [1.807, 2.05) is 23.6 Å². The summed E-state index contributed by atoms with van der Waals surface area (Å²) in [6.07, 6.45) is -4.27. The minimum Gasteiger partial charge on any atom is -0.486 e. The van der Waals surface area contributed by atoms with Crippen LogP contribution in [0.2, 0.25) is 0 Å². The molecular formula is C19H18F3N3O2S. The van der Waals surface area contributed by atoms with Crippen molar-refractivity contribution in [3.05, 3.63) is 41.0 Å². The van der Waals surface area contributed by atoms with E-state index in [0.717, 1.165) is 5.69 Å². The van der Waals surface area contributed by atoms with Gasteiger partial charge in [0, 0.05) is 34.1 Å². The molecule has 9 heteroatoms. The van der Waals surface area contributed by atoms with Crippen LogP contribution in [0.15, 0.2) is 29.6 Å². The molecule has 0 aliphatic carbocycles. The maximum atomic E-state index is 12.8. The zero-order valence-electron chi connectivity index (χ0n) is 15.3. The number of aryl methyl sites for hydroxylation is 1. The molecule has 0 atom stereocenters. The maximum absolute atomic E-state index is 12.8. The van der Waals surface area contributed by atoms with Crippen molar-refractivity contribution in [2.75, 3.05) is 18.5 Å². The zero-order valence-corrected chi connectivity index (χ0v) is 16.1. The summed E-state index contributed by atoms with van der Waals surface area (Å²) in [6, 6.07) is 7.27. The molecule has 148 valence electrons. The van der Waals surface area contributed by atoms with Crippen molar-refractivity contribution in [2.45, 2.75) is 26.6 Å². The number of nitrogens with one attached hydrogen (secondary N) is 1. The number of thiazole rings is 1.